The highest BCUT2D eigenvalue weighted by Gasteiger charge is 2.36. The molecule has 0 aromatic heterocycles. The van der Waals surface area contributed by atoms with Gasteiger partial charge >= 0.3 is 0 Å². The summed E-state index contributed by atoms with van der Waals surface area (Å²) in [6, 6.07) is 28.5. The molecule has 0 amide bonds. The third-order valence-electron chi connectivity index (χ3n) is 5.87. The number of allylic oxidation sites excluding steroid dienone is 2. The van der Waals surface area contributed by atoms with Gasteiger partial charge in [0, 0.05) is 30.3 Å². The smallest absolute Gasteiger partial charge is 0.193 e. The molecule has 3 heteroatoms. The van der Waals surface area contributed by atoms with E-state index in [-0.39, 0.29) is 11.7 Å². The topological polar surface area (TPSA) is 32.3 Å². The van der Waals surface area contributed by atoms with Crippen molar-refractivity contribution in [2.75, 3.05) is 13.1 Å². The molecule has 1 N–H and O–H groups in total. The second-order valence-electron chi connectivity index (χ2n) is 7.84. The lowest BCUT2D eigenvalue weighted by molar-refractivity contribution is 0.102. The van der Waals surface area contributed by atoms with E-state index in [1.807, 2.05) is 48.5 Å². The molecule has 2 aliphatic heterocycles. The van der Waals surface area contributed by atoms with Gasteiger partial charge < -0.3 is 10.2 Å². The minimum atomic E-state index is -0.105. The Labute approximate surface area is 177 Å². The molecule has 1 unspecified atom stereocenters. The molecule has 1 fully saturated rings. The summed E-state index contributed by atoms with van der Waals surface area (Å²) in [6.07, 6.45) is 2.26. The molecule has 5 rings (SSSR count). The minimum absolute atomic E-state index is 0.0815. The lowest BCUT2D eigenvalue weighted by Crippen LogP contribution is -2.30. The molecule has 0 saturated carbocycles. The van der Waals surface area contributed by atoms with Crippen LogP contribution in [-0.2, 0) is 0 Å². The first-order chi connectivity index (χ1) is 14.7. The molecule has 3 aromatic rings. The Kier molecular flexibility index (Phi) is 4.72. The van der Waals surface area contributed by atoms with Crippen molar-refractivity contribution in [2.24, 2.45) is 0 Å². The van der Waals surface area contributed by atoms with E-state index in [1.54, 1.807) is 0 Å². The molecule has 0 radical (unpaired) electrons. The SMILES string of the molecule is Cc1ccc(C2=CC(c3ccccc3)C(C(=O)c3ccccc3)=C3NCCN23)cc1. The van der Waals surface area contributed by atoms with Crippen LogP contribution in [0.2, 0.25) is 0 Å². The van der Waals surface area contributed by atoms with Gasteiger partial charge in [-0.3, -0.25) is 4.79 Å². The van der Waals surface area contributed by atoms with Crippen molar-refractivity contribution in [3.63, 3.8) is 0 Å². The number of rotatable bonds is 4. The highest BCUT2D eigenvalue weighted by molar-refractivity contribution is 6.11. The molecule has 2 heterocycles. The first kappa shape index (κ1) is 18.4. The average Bonchev–Trinajstić information content (AvgIpc) is 3.29. The zero-order chi connectivity index (χ0) is 20.5. The van der Waals surface area contributed by atoms with E-state index in [2.05, 4.69) is 59.6 Å². The standard InChI is InChI=1S/C27H24N2O/c1-19-12-14-21(15-13-19)24-18-23(20-8-4-2-5-9-20)25(27-28-16-17-29(24)27)26(30)22-10-6-3-7-11-22/h2-15,18,23,28H,16-17H2,1H3. The van der Waals surface area contributed by atoms with E-state index in [9.17, 15) is 4.79 Å². The fourth-order valence-electron chi connectivity index (χ4n) is 4.35. The molecule has 30 heavy (non-hydrogen) atoms. The summed E-state index contributed by atoms with van der Waals surface area (Å²) in [5, 5.41) is 3.51. The number of ketones is 1. The molecular formula is C27H24N2O. The maximum absolute atomic E-state index is 13.7. The number of nitrogens with one attached hydrogen (secondary N) is 1. The third kappa shape index (κ3) is 3.22. The van der Waals surface area contributed by atoms with E-state index < -0.39 is 0 Å². The Balaban J connectivity index is 1.68. The van der Waals surface area contributed by atoms with Crippen LogP contribution in [0, 0.1) is 6.92 Å². The van der Waals surface area contributed by atoms with Crippen LogP contribution in [-0.4, -0.2) is 23.8 Å². The van der Waals surface area contributed by atoms with Gasteiger partial charge in [0.2, 0.25) is 0 Å². The van der Waals surface area contributed by atoms with E-state index in [1.165, 1.54) is 11.1 Å². The van der Waals surface area contributed by atoms with E-state index in [0.29, 0.717) is 0 Å². The van der Waals surface area contributed by atoms with Crippen molar-refractivity contribution in [1.82, 2.24) is 10.2 Å². The Morgan fingerprint density at radius 3 is 2.27 bits per heavy atom. The number of hydrogen-bond acceptors (Lipinski definition) is 3. The number of fused-ring (bicyclic) bond motifs is 1. The number of nitrogens with zero attached hydrogens (tertiary/aromatic N) is 1. The Hall–Kier alpha value is -3.59. The van der Waals surface area contributed by atoms with Gasteiger partial charge in [-0.1, -0.05) is 90.5 Å². The second-order valence-corrected chi connectivity index (χ2v) is 7.84. The number of Topliss-reactive ketones (excluding diaryl/α,β-unsaturated/α-hetero) is 1. The molecule has 0 spiro atoms. The molecule has 0 bridgehead atoms. The minimum Gasteiger partial charge on any atom is -0.369 e. The predicted molar refractivity (Wildman–Crippen MR) is 121 cm³/mol. The predicted octanol–water partition coefficient (Wildman–Crippen LogP) is 5.13. The summed E-state index contributed by atoms with van der Waals surface area (Å²) < 4.78 is 0. The molecule has 3 aromatic carbocycles. The maximum atomic E-state index is 13.7. The first-order valence-electron chi connectivity index (χ1n) is 10.4. The summed E-state index contributed by atoms with van der Waals surface area (Å²) in [6.45, 7) is 3.78. The van der Waals surface area contributed by atoms with Crippen LogP contribution in [0.1, 0.15) is 33.0 Å². The van der Waals surface area contributed by atoms with Crippen LogP contribution in [0.4, 0.5) is 0 Å². The highest BCUT2D eigenvalue weighted by atomic mass is 16.1. The first-order valence-corrected chi connectivity index (χ1v) is 10.4. The Morgan fingerprint density at radius 1 is 0.900 bits per heavy atom. The van der Waals surface area contributed by atoms with Gasteiger partial charge in [0.25, 0.3) is 0 Å². The number of carbonyl (C=O) groups excluding carboxylic acids is 1. The molecule has 2 aliphatic rings. The van der Waals surface area contributed by atoms with E-state index >= 15 is 0 Å². The second kappa shape index (κ2) is 7.68. The highest BCUT2D eigenvalue weighted by Crippen LogP contribution is 2.41. The molecule has 0 aliphatic carbocycles. The maximum Gasteiger partial charge on any atom is 0.193 e. The van der Waals surface area contributed by atoms with Gasteiger partial charge in [-0.25, -0.2) is 0 Å². The van der Waals surface area contributed by atoms with Gasteiger partial charge in [-0.05, 0) is 24.1 Å². The summed E-state index contributed by atoms with van der Waals surface area (Å²) in [4.78, 5) is 15.9. The van der Waals surface area contributed by atoms with E-state index in [4.69, 9.17) is 0 Å². The fraction of sp³-hybridized carbons (Fsp3) is 0.148. The molecular weight excluding hydrogens is 368 g/mol. The van der Waals surface area contributed by atoms with Crippen molar-refractivity contribution in [3.05, 3.63) is 125 Å². The molecule has 3 nitrogen and oxygen atoms in total. The summed E-state index contributed by atoms with van der Waals surface area (Å²) in [5.74, 6) is 0.917. The van der Waals surface area contributed by atoms with Gasteiger partial charge in [-0.15, -0.1) is 0 Å². The van der Waals surface area contributed by atoms with Crippen molar-refractivity contribution in [1.29, 1.82) is 0 Å². The van der Waals surface area contributed by atoms with Crippen LogP contribution < -0.4 is 5.32 Å². The molecule has 148 valence electrons. The summed E-state index contributed by atoms with van der Waals surface area (Å²) in [7, 11) is 0. The average molecular weight is 393 g/mol. The van der Waals surface area contributed by atoms with E-state index in [0.717, 1.165) is 41.3 Å². The molecule has 1 saturated heterocycles. The van der Waals surface area contributed by atoms with Crippen molar-refractivity contribution in [2.45, 2.75) is 12.8 Å². The lowest BCUT2D eigenvalue weighted by Gasteiger charge is -2.33. The van der Waals surface area contributed by atoms with Crippen LogP contribution in [0.25, 0.3) is 5.70 Å². The number of aryl methyl sites for hydroxylation is 1. The van der Waals surface area contributed by atoms with Gasteiger partial charge in [0.05, 0.1) is 5.57 Å². The van der Waals surface area contributed by atoms with Crippen molar-refractivity contribution in [3.8, 4) is 0 Å². The zero-order valence-corrected chi connectivity index (χ0v) is 17.0. The monoisotopic (exact) mass is 392 g/mol. The van der Waals surface area contributed by atoms with Crippen LogP contribution >= 0.6 is 0 Å². The molecule has 1 atom stereocenters. The lowest BCUT2D eigenvalue weighted by atomic mass is 9.82. The van der Waals surface area contributed by atoms with Crippen molar-refractivity contribution >= 4 is 11.5 Å². The van der Waals surface area contributed by atoms with Crippen LogP contribution in [0.5, 0.6) is 0 Å². The Bertz CT molecular complexity index is 1130. The normalized spacial score (nSPS) is 18.0. The number of carbonyl (C=O) groups is 1. The summed E-state index contributed by atoms with van der Waals surface area (Å²) >= 11 is 0. The quantitative estimate of drug-likeness (QED) is 0.625. The zero-order valence-electron chi connectivity index (χ0n) is 17.0. The van der Waals surface area contributed by atoms with Crippen LogP contribution in [0.15, 0.2) is 102 Å². The van der Waals surface area contributed by atoms with Gasteiger partial charge in [0.1, 0.15) is 5.82 Å². The Morgan fingerprint density at radius 2 is 1.57 bits per heavy atom. The fourth-order valence-corrected chi connectivity index (χ4v) is 4.35. The van der Waals surface area contributed by atoms with Crippen LogP contribution in [0.3, 0.4) is 0 Å². The van der Waals surface area contributed by atoms with Crippen molar-refractivity contribution < 1.29 is 4.79 Å². The summed E-state index contributed by atoms with van der Waals surface area (Å²) in [5.41, 5.74) is 6.25. The number of benzene rings is 3. The third-order valence-corrected chi connectivity index (χ3v) is 5.87. The van der Waals surface area contributed by atoms with Gasteiger partial charge in [0.15, 0.2) is 5.78 Å². The largest absolute Gasteiger partial charge is 0.369 e. The van der Waals surface area contributed by atoms with Gasteiger partial charge in [-0.2, -0.15) is 0 Å². The number of hydrogen-bond donors (Lipinski definition) is 1.